The van der Waals surface area contributed by atoms with E-state index in [4.69, 9.17) is 19.9 Å². The Labute approximate surface area is 119 Å². The van der Waals surface area contributed by atoms with Crippen molar-refractivity contribution >= 4 is 5.91 Å². The molecule has 0 saturated carbocycles. The topological polar surface area (TPSA) is 70.8 Å². The van der Waals surface area contributed by atoms with Gasteiger partial charge in [0.05, 0.1) is 12.2 Å². The van der Waals surface area contributed by atoms with E-state index < -0.39 is 5.91 Å². The molecule has 0 aliphatic carbocycles. The molecule has 1 atom stereocenters. The van der Waals surface area contributed by atoms with Crippen LogP contribution in [0.25, 0.3) is 0 Å². The first kappa shape index (κ1) is 14.8. The summed E-state index contributed by atoms with van der Waals surface area (Å²) in [6, 6.07) is 5.36. The van der Waals surface area contributed by atoms with Crippen LogP contribution in [0.4, 0.5) is 0 Å². The van der Waals surface area contributed by atoms with Crippen LogP contribution in [0, 0.1) is 6.92 Å². The maximum Gasteiger partial charge on any atom is 0.252 e. The van der Waals surface area contributed by atoms with E-state index in [9.17, 15) is 4.79 Å². The summed E-state index contributed by atoms with van der Waals surface area (Å²) in [5.41, 5.74) is 6.71. The minimum atomic E-state index is -0.486. The molecular weight excluding hydrogens is 258 g/mol. The molecule has 1 unspecified atom stereocenters. The average Bonchev–Trinajstić information content (AvgIpc) is 2.45. The number of hydrogen-bond acceptors (Lipinski definition) is 4. The lowest BCUT2D eigenvalue weighted by Crippen LogP contribution is -2.24. The molecule has 1 aromatic carbocycles. The minimum Gasteiger partial charge on any atom is -0.490 e. The van der Waals surface area contributed by atoms with Crippen LogP contribution in [0.3, 0.4) is 0 Å². The van der Waals surface area contributed by atoms with Gasteiger partial charge in [-0.3, -0.25) is 4.79 Å². The van der Waals surface area contributed by atoms with Crippen molar-refractivity contribution in [3.63, 3.8) is 0 Å². The lowest BCUT2D eigenvalue weighted by molar-refractivity contribution is -0.165. The minimum absolute atomic E-state index is 0.124. The van der Waals surface area contributed by atoms with E-state index in [1.54, 1.807) is 12.1 Å². The predicted molar refractivity (Wildman–Crippen MR) is 74.7 cm³/mol. The summed E-state index contributed by atoms with van der Waals surface area (Å²) in [5, 5.41) is 0. The highest BCUT2D eigenvalue weighted by molar-refractivity contribution is 5.95. The van der Waals surface area contributed by atoms with Gasteiger partial charge in [-0.15, -0.1) is 0 Å². The van der Waals surface area contributed by atoms with Gasteiger partial charge < -0.3 is 19.9 Å². The Kier molecular flexibility index (Phi) is 5.38. The lowest BCUT2D eigenvalue weighted by atomic mass is 10.1. The molecule has 5 heteroatoms. The number of ether oxygens (including phenoxy) is 3. The Morgan fingerprint density at radius 3 is 2.95 bits per heavy atom. The van der Waals surface area contributed by atoms with Crippen LogP contribution in [-0.4, -0.2) is 32.0 Å². The molecule has 0 radical (unpaired) electrons. The van der Waals surface area contributed by atoms with Crippen molar-refractivity contribution in [1.82, 2.24) is 0 Å². The zero-order chi connectivity index (χ0) is 14.4. The van der Waals surface area contributed by atoms with E-state index in [-0.39, 0.29) is 6.29 Å². The van der Waals surface area contributed by atoms with Gasteiger partial charge in [0, 0.05) is 6.61 Å². The van der Waals surface area contributed by atoms with Gasteiger partial charge in [-0.05, 0) is 38.3 Å². The molecule has 1 amide bonds. The fourth-order valence-corrected chi connectivity index (χ4v) is 2.14. The van der Waals surface area contributed by atoms with Crippen LogP contribution in [0.1, 0.15) is 35.2 Å². The molecule has 0 spiro atoms. The predicted octanol–water partition coefficient (Wildman–Crippen LogP) is 2.02. The van der Waals surface area contributed by atoms with Crippen LogP contribution in [0.15, 0.2) is 18.2 Å². The highest BCUT2D eigenvalue weighted by Crippen LogP contribution is 2.19. The number of primary amides is 1. The molecule has 0 bridgehead atoms. The van der Waals surface area contributed by atoms with E-state index in [0.29, 0.717) is 24.5 Å². The Bertz CT molecular complexity index is 455. The van der Waals surface area contributed by atoms with Crippen LogP contribution < -0.4 is 10.5 Å². The summed E-state index contributed by atoms with van der Waals surface area (Å²) in [6.07, 6.45) is 3.04. The Balaban J connectivity index is 1.80. The maximum atomic E-state index is 11.3. The fraction of sp³-hybridized carbons (Fsp3) is 0.533. The summed E-state index contributed by atoms with van der Waals surface area (Å²) in [6.45, 7) is 3.45. The van der Waals surface area contributed by atoms with Gasteiger partial charge in [0.2, 0.25) is 0 Å². The van der Waals surface area contributed by atoms with Crippen molar-refractivity contribution < 1.29 is 19.0 Å². The van der Waals surface area contributed by atoms with Gasteiger partial charge in [0.15, 0.2) is 6.29 Å². The van der Waals surface area contributed by atoms with E-state index in [1.807, 2.05) is 13.0 Å². The fourth-order valence-electron chi connectivity index (χ4n) is 2.14. The molecule has 1 saturated heterocycles. The maximum absolute atomic E-state index is 11.3. The Morgan fingerprint density at radius 1 is 1.40 bits per heavy atom. The average molecular weight is 279 g/mol. The summed E-state index contributed by atoms with van der Waals surface area (Å²) < 4.78 is 16.6. The molecule has 20 heavy (non-hydrogen) atoms. The number of aryl methyl sites for hydroxylation is 1. The molecule has 1 fully saturated rings. The van der Waals surface area contributed by atoms with Crippen molar-refractivity contribution in [2.75, 3.05) is 19.8 Å². The van der Waals surface area contributed by atoms with Gasteiger partial charge in [-0.2, -0.15) is 0 Å². The van der Waals surface area contributed by atoms with Crippen LogP contribution in [0.5, 0.6) is 5.75 Å². The van der Waals surface area contributed by atoms with E-state index in [2.05, 4.69) is 0 Å². The first-order valence-electron chi connectivity index (χ1n) is 6.93. The number of carbonyl (C=O) groups excluding carboxylic acids is 1. The third kappa shape index (κ3) is 4.21. The van der Waals surface area contributed by atoms with Gasteiger partial charge in [-0.1, -0.05) is 11.6 Å². The smallest absolute Gasteiger partial charge is 0.252 e. The molecular formula is C15H21NO4. The highest BCUT2D eigenvalue weighted by atomic mass is 16.7. The van der Waals surface area contributed by atoms with Crippen molar-refractivity contribution in [1.29, 1.82) is 0 Å². The number of carbonyl (C=O) groups is 1. The molecule has 110 valence electrons. The lowest BCUT2D eigenvalue weighted by Gasteiger charge is -2.22. The van der Waals surface area contributed by atoms with Crippen molar-refractivity contribution in [2.24, 2.45) is 5.73 Å². The molecule has 5 nitrogen and oxygen atoms in total. The summed E-state index contributed by atoms with van der Waals surface area (Å²) >= 11 is 0. The highest BCUT2D eigenvalue weighted by Gasteiger charge is 2.14. The number of benzene rings is 1. The first-order chi connectivity index (χ1) is 9.66. The van der Waals surface area contributed by atoms with Crippen molar-refractivity contribution in [3.05, 3.63) is 29.3 Å². The summed E-state index contributed by atoms with van der Waals surface area (Å²) in [4.78, 5) is 11.3. The molecule has 2 N–H and O–H groups in total. The molecule has 1 aliphatic heterocycles. The third-order valence-electron chi connectivity index (χ3n) is 3.18. The van der Waals surface area contributed by atoms with Crippen molar-refractivity contribution in [2.45, 2.75) is 32.5 Å². The monoisotopic (exact) mass is 279 g/mol. The Hall–Kier alpha value is -1.59. The molecule has 1 aliphatic rings. The second-order valence-electron chi connectivity index (χ2n) is 4.88. The van der Waals surface area contributed by atoms with Gasteiger partial charge in [-0.25, -0.2) is 0 Å². The molecule has 0 aromatic heterocycles. The number of amides is 1. The summed E-state index contributed by atoms with van der Waals surface area (Å²) in [7, 11) is 0. The van der Waals surface area contributed by atoms with Gasteiger partial charge in [0.1, 0.15) is 12.4 Å². The SMILES string of the molecule is Cc1ccc(OCCOC2CCCCO2)c(C(N)=O)c1. The van der Waals surface area contributed by atoms with Crippen LogP contribution >= 0.6 is 0 Å². The Morgan fingerprint density at radius 2 is 2.25 bits per heavy atom. The molecule has 1 heterocycles. The molecule has 2 rings (SSSR count). The second kappa shape index (κ2) is 7.26. The number of hydrogen-bond donors (Lipinski definition) is 1. The van der Waals surface area contributed by atoms with Crippen molar-refractivity contribution in [3.8, 4) is 5.75 Å². The second-order valence-corrected chi connectivity index (χ2v) is 4.88. The molecule has 1 aromatic rings. The summed E-state index contributed by atoms with van der Waals surface area (Å²) in [5.74, 6) is 0.0106. The number of rotatable bonds is 6. The zero-order valence-corrected chi connectivity index (χ0v) is 11.8. The number of nitrogens with two attached hydrogens (primary N) is 1. The normalized spacial score (nSPS) is 18.8. The van der Waals surface area contributed by atoms with Crippen LogP contribution in [-0.2, 0) is 9.47 Å². The van der Waals surface area contributed by atoms with E-state index >= 15 is 0 Å². The zero-order valence-electron chi connectivity index (χ0n) is 11.8. The largest absolute Gasteiger partial charge is 0.490 e. The third-order valence-corrected chi connectivity index (χ3v) is 3.18. The quantitative estimate of drug-likeness (QED) is 0.809. The van der Waals surface area contributed by atoms with E-state index in [1.165, 1.54) is 0 Å². The first-order valence-corrected chi connectivity index (χ1v) is 6.93. The van der Waals surface area contributed by atoms with E-state index in [0.717, 1.165) is 31.4 Å². The van der Waals surface area contributed by atoms with Crippen LogP contribution in [0.2, 0.25) is 0 Å². The van der Waals surface area contributed by atoms with Gasteiger partial charge >= 0.3 is 0 Å². The van der Waals surface area contributed by atoms with Gasteiger partial charge in [0.25, 0.3) is 5.91 Å². The standard InChI is InChI=1S/C15H21NO4/c1-11-5-6-13(12(10-11)15(16)17)18-8-9-20-14-4-2-3-7-19-14/h5-6,10,14H,2-4,7-9H2,1H3,(H2,16,17).